The molecule has 6 atom stereocenters. The zero-order chi connectivity index (χ0) is 33.3. The number of allylic oxidation sites excluding steroid dienone is 4. The predicted octanol–water partition coefficient (Wildman–Crippen LogP) is -0.00832. The van der Waals surface area contributed by atoms with E-state index in [1.165, 1.54) is 41.9 Å². The Balaban J connectivity index is 1.67. The number of rotatable bonds is 7. The molecule has 1 unspecified atom stereocenters. The molecule has 5 rings (SSSR count). The molecule has 0 saturated carbocycles. The van der Waals surface area contributed by atoms with Crippen molar-refractivity contribution >= 4 is 34.8 Å². The number of ketones is 5. The van der Waals surface area contributed by atoms with Gasteiger partial charge in [-0.05, 0) is 47.6 Å². The number of nitrogens with one attached hydrogen (secondary N) is 1. The molecule has 0 radical (unpaired) electrons. The maximum Gasteiger partial charge on any atom is 0.252 e. The van der Waals surface area contributed by atoms with E-state index in [2.05, 4.69) is 11.4 Å². The van der Waals surface area contributed by atoms with Gasteiger partial charge in [-0.1, -0.05) is 0 Å². The van der Waals surface area contributed by atoms with Crippen molar-refractivity contribution in [3.8, 4) is 6.07 Å². The molecule has 0 aromatic rings. The highest BCUT2D eigenvalue weighted by atomic mass is 16.5. The van der Waals surface area contributed by atoms with Gasteiger partial charge in [0.1, 0.15) is 17.4 Å². The van der Waals surface area contributed by atoms with Crippen molar-refractivity contribution in [2.45, 2.75) is 82.8 Å². The maximum absolute atomic E-state index is 13.9. The van der Waals surface area contributed by atoms with Gasteiger partial charge in [0.05, 0.1) is 32.4 Å². The fourth-order valence-corrected chi connectivity index (χ4v) is 7.76. The van der Waals surface area contributed by atoms with E-state index in [1.807, 2.05) is 4.90 Å². The Kier molecular flexibility index (Phi) is 8.06. The summed E-state index contributed by atoms with van der Waals surface area (Å²) in [7, 11) is 4.35. The Morgan fingerprint density at radius 2 is 1.47 bits per heavy atom. The quantitative estimate of drug-likeness (QED) is 0.364. The Morgan fingerprint density at radius 1 is 0.956 bits per heavy atom. The second kappa shape index (κ2) is 11.3. The number of carbonyl (C=O) groups is 6. The van der Waals surface area contributed by atoms with E-state index in [0.29, 0.717) is 5.57 Å². The first-order chi connectivity index (χ1) is 21.1. The van der Waals surface area contributed by atoms with E-state index in [9.17, 15) is 39.1 Å². The van der Waals surface area contributed by atoms with Crippen LogP contribution in [0.3, 0.4) is 0 Å². The number of nitrogens with zero attached hydrogens (tertiary/aromatic N) is 3. The van der Waals surface area contributed by atoms with Crippen LogP contribution in [-0.4, -0.2) is 113 Å². The first kappa shape index (κ1) is 32.2. The number of aliphatic hydroxyl groups is 1. The molecule has 0 aromatic carbocycles. The first-order valence-electron chi connectivity index (χ1n) is 14.7. The third-order valence-electron chi connectivity index (χ3n) is 9.75. The van der Waals surface area contributed by atoms with Crippen molar-refractivity contribution in [2.75, 3.05) is 27.8 Å². The summed E-state index contributed by atoms with van der Waals surface area (Å²) in [6.07, 6.45) is -0.394. The number of methoxy groups -OCH3 is 2. The van der Waals surface area contributed by atoms with Gasteiger partial charge in [-0.2, -0.15) is 5.26 Å². The number of fused-ring (bicyclic) bond motifs is 5. The minimum absolute atomic E-state index is 0.0239. The molecule has 2 aliphatic carbocycles. The minimum Gasteiger partial charge on any atom is -0.492 e. The molecule has 1 saturated heterocycles. The summed E-state index contributed by atoms with van der Waals surface area (Å²) in [6.45, 7) is 5.14. The van der Waals surface area contributed by atoms with Crippen molar-refractivity contribution in [1.29, 1.82) is 5.26 Å². The van der Waals surface area contributed by atoms with Gasteiger partial charge in [0.25, 0.3) is 5.91 Å². The van der Waals surface area contributed by atoms with E-state index in [0.717, 1.165) is 0 Å². The van der Waals surface area contributed by atoms with E-state index in [-0.39, 0.29) is 64.6 Å². The standard InChI is InChI=1S/C32H36N4O9/c1-13(37)10-32(4,43)31(42)34-12-21-22-16(25(38)14(2)29(44-6)27(22)40)9-19-24-23-17(26(39)15(3)30(45-7)28(23)41)8-18(35(24)5)20(11-33)36(19)21/h18-21,24,43H,8-10,12H2,1-7H3,(H,34,42)/t18-,19+,20+,21+,24-,32?/m1/s1. The summed E-state index contributed by atoms with van der Waals surface area (Å²) in [5.74, 6) is -3.31. The zero-order valence-electron chi connectivity index (χ0n) is 26.3. The third kappa shape index (κ3) is 4.70. The molecular weight excluding hydrogens is 584 g/mol. The highest BCUT2D eigenvalue weighted by Crippen LogP contribution is 2.49. The van der Waals surface area contributed by atoms with Crippen molar-refractivity contribution in [3.05, 3.63) is 45.0 Å². The van der Waals surface area contributed by atoms with Gasteiger partial charge in [-0.3, -0.25) is 38.6 Å². The van der Waals surface area contributed by atoms with Crippen LogP contribution in [0.4, 0.5) is 0 Å². The van der Waals surface area contributed by atoms with Crippen molar-refractivity contribution in [3.63, 3.8) is 0 Å². The normalized spacial score (nSPS) is 30.0. The second-order valence-electron chi connectivity index (χ2n) is 12.5. The molecular formula is C32H36N4O9. The Labute approximate surface area is 260 Å². The molecule has 238 valence electrons. The third-order valence-corrected chi connectivity index (χ3v) is 9.75. The summed E-state index contributed by atoms with van der Waals surface area (Å²) >= 11 is 0. The lowest BCUT2D eigenvalue weighted by Gasteiger charge is -2.60. The van der Waals surface area contributed by atoms with Gasteiger partial charge < -0.3 is 19.9 Å². The lowest BCUT2D eigenvalue weighted by Crippen LogP contribution is -2.74. The van der Waals surface area contributed by atoms with E-state index in [1.54, 1.807) is 11.9 Å². The average Bonchev–Trinajstić information content (AvgIpc) is 2.97. The molecule has 3 heterocycles. The summed E-state index contributed by atoms with van der Waals surface area (Å²) < 4.78 is 10.7. The van der Waals surface area contributed by atoms with Gasteiger partial charge in [-0.15, -0.1) is 0 Å². The largest absolute Gasteiger partial charge is 0.492 e. The molecule has 2 bridgehead atoms. The SMILES string of the molecule is COC1=C(C)C(=O)C2=C(C1=O)[C@H]1[C@@H]3CC4=C(C(=O)C(OC)=C(C)C4=O)[C@H](CNC(=O)C(C)(O)CC(C)=O)N3[C@@H](C#N)[C@@H](C2)N1C. The number of hydrogen-bond acceptors (Lipinski definition) is 12. The second-order valence-corrected chi connectivity index (χ2v) is 12.5. The van der Waals surface area contributed by atoms with Crippen molar-refractivity contribution in [1.82, 2.24) is 15.1 Å². The van der Waals surface area contributed by atoms with Crippen LogP contribution in [0.5, 0.6) is 0 Å². The molecule has 2 N–H and O–H groups in total. The number of amides is 1. The van der Waals surface area contributed by atoms with Crippen LogP contribution in [0.25, 0.3) is 0 Å². The van der Waals surface area contributed by atoms with Crippen LogP contribution in [0, 0.1) is 11.3 Å². The van der Waals surface area contributed by atoms with Crippen molar-refractivity contribution < 1.29 is 43.3 Å². The molecule has 3 aliphatic heterocycles. The number of nitriles is 1. The number of piperazine rings is 1. The van der Waals surface area contributed by atoms with E-state index >= 15 is 0 Å². The first-order valence-corrected chi connectivity index (χ1v) is 14.7. The van der Waals surface area contributed by atoms with Gasteiger partial charge >= 0.3 is 0 Å². The van der Waals surface area contributed by atoms with Crippen LogP contribution >= 0.6 is 0 Å². The fourth-order valence-electron chi connectivity index (χ4n) is 7.76. The van der Waals surface area contributed by atoms with Gasteiger partial charge in [0.15, 0.2) is 23.1 Å². The van der Waals surface area contributed by atoms with Crippen molar-refractivity contribution in [2.24, 2.45) is 0 Å². The lowest BCUT2D eigenvalue weighted by atomic mass is 9.67. The number of likely N-dealkylation sites (N-methyl/N-ethyl adjacent to an activating group) is 1. The number of Topliss-reactive ketones (excluding diaryl/α,β-unsaturated/α-hetero) is 5. The monoisotopic (exact) mass is 620 g/mol. The fraction of sp³-hybridized carbons (Fsp3) is 0.531. The smallest absolute Gasteiger partial charge is 0.252 e. The molecule has 1 fully saturated rings. The molecule has 5 aliphatic rings. The molecule has 0 aromatic heterocycles. The van der Waals surface area contributed by atoms with E-state index < -0.39 is 71.3 Å². The Bertz CT molecular complexity index is 1640. The zero-order valence-corrected chi connectivity index (χ0v) is 26.3. The van der Waals surface area contributed by atoms with Crippen LogP contribution < -0.4 is 5.32 Å². The summed E-state index contributed by atoms with van der Waals surface area (Å²) in [6, 6.07) is -1.75. The van der Waals surface area contributed by atoms with E-state index in [4.69, 9.17) is 9.47 Å². The highest BCUT2D eigenvalue weighted by Gasteiger charge is 2.60. The maximum atomic E-state index is 13.9. The number of hydrogen-bond donors (Lipinski definition) is 2. The highest BCUT2D eigenvalue weighted by molar-refractivity contribution is 6.26. The van der Waals surface area contributed by atoms with Crippen LogP contribution in [-0.2, 0) is 38.2 Å². The summed E-state index contributed by atoms with van der Waals surface area (Å²) in [4.78, 5) is 83.6. The van der Waals surface area contributed by atoms with Crippen LogP contribution in [0.2, 0.25) is 0 Å². The van der Waals surface area contributed by atoms with Gasteiger partial charge in [0.2, 0.25) is 11.6 Å². The lowest BCUT2D eigenvalue weighted by molar-refractivity contribution is -0.143. The summed E-state index contributed by atoms with van der Waals surface area (Å²) in [5.41, 5.74) is -1.01. The Morgan fingerprint density at radius 3 is 1.98 bits per heavy atom. The molecule has 0 spiro atoms. The number of carbonyl (C=O) groups excluding carboxylic acids is 6. The Hall–Kier alpha value is -4.25. The number of ether oxygens (including phenoxy) is 2. The summed E-state index contributed by atoms with van der Waals surface area (Å²) in [5, 5.41) is 24.0. The molecule has 1 amide bonds. The molecule has 45 heavy (non-hydrogen) atoms. The predicted molar refractivity (Wildman–Crippen MR) is 156 cm³/mol. The van der Waals surface area contributed by atoms with Gasteiger partial charge in [0, 0.05) is 58.5 Å². The topological polar surface area (TPSA) is 183 Å². The van der Waals surface area contributed by atoms with Crippen LogP contribution in [0.1, 0.15) is 47.0 Å². The van der Waals surface area contributed by atoms with Gasteiger partial charge in [-0.25, -0.2) is 0 Å². The average molecular weight is 621 g/mol. The minimum atomic E-state index is -2.06. The van der Waals surface area contributed by atoms with Crippen LogP contribution in [0.15, 0.2) is 45.0 Å². The molecule has 13 heteroatoms. The molecule has 13 nitrogen and oxygen atoms in total.